The van der Waals surface area contributed by atoms with Crippen molar-refractivity contribution in [3.8, 4) is 0 Å². The van der Waals surface area contributed by atoms with Crippen molar-refractivity contribution in [1.82, 2.24) is 0 Å². The van der Waals surface area contributed by atoms with Gasteiger partial charge in [-0.3, -0.25) is 0 Å². The maximum atomic E-state index is 11.0. The lowest BCUT2D eigenvalue weighted by molar-refractivity contribution is -0.280. The maximum Gasteiger partial charge on any atom is 0.337 e. The summed E-state index contributed by atoms with van der Waals surface area (Å²) < 4.78 is 8.82. The van der Waals surface area contributed by atoms with Crippen molar-refractivity contribution in [1.29, 1.82) is 0 Å². The van der Waals surface area contributed by atoms with Gasteiger partial charge in [-0.05, 0) is 0 Å². The summed E-state index contributed by atoms with van der Waals surface area (Å²) in [5.41, 5.74) is 0. The van der Waals surface area contributed by atoms with Gasteiger partial charge in [0.05, 0.1) is 7.11 Å². The molecular weight excluding hydrogens is 196 g/mol. The summed E-state index contributed by atoms with van der Waals surface area (Å²) in [5.74, 6) is -0.928. The van der Waals surface area contributed by atoms with E-state index in [0.717, 1.165) is 7.11 Å². The van der Waals surface area contributed by atoms with Crippen molar-refractivity contribution >= 4 is 5.97 Å². The predicted octanol–water partition coefficient (Wildman–Crippen LogP) is -3.04. The summed E-state index contributed by atoms with van der Waals surface area (Å²) in [4.78, 5) is 11.0. The van der Waals surface area contributed by atoms with Crippen molar-refractivity contribution < 1.29 is 34.7 Å². The number of esters is 1. The minimum atomic E-state index is -1.72. The van der Waals surface area contributed by atoms with Crippen molar-refractivity contribution in [3.05, 3.63) is 0 Å². The van der Waals surface area contributed by atoms with Gasteiger partial charge in [-0.15, -0.1) is 0 Å². The van der Waals surface area contributed by atoms with Crippen LogP contribution < -0.4 is 0 Å². The van der Waals surface area contributed by atoms with Crippen LogP contribution in [0.25, 0.3) is 0 Å². The quantitative estimate of drug-likeness (QED) is 0.338. The first-order valence-corrected chi connectivity index (χ1v) is 3.94. The zero-order valence-electron chi connectivity index (χ0n) is 7.40. The average Bonchev–Trinajstić information content (AvgIpc) is 2.19. The second-order valence-corrected chi connectivity index (χ2v) is 2.94. The summed E-state index contributed by atoms with van der Waals surface area (Å²) in [6.45, 7) is 0. The molecule has 1 aliphatic rings. The van der Waals surface area contributed by atoms with Gasteiger partial charge in [-0.25, -0.2) is 4.79 Å². The molecule has 1 aliphatic heterocycles. The molecule has 14 heavy (non-hydrogen) atoms. The molecule has 0 amide bonds. The molecule has 1 fully saturated rings. The maximum absolute atomic E-state index is 11.0. The van der Waals surface area contributed by atoms with Crippen LogP contribution in [0.3, 0.4) is 0 Å². The smallest absolute Gasteiger partial charge is 0.337 e. The highest BCUT2D eigenvalue weighted by Crippen LogP contribution is 2.20. The Hall–Kier alpha value is -0.730. The Bertz CT molecular complexity index is 218. The molecule has 0 bridgehead atoms. The molecule has 7 nitrogen and oxygen atoms in total. The molecule has 0 aromatic carbocycles. The van der Waals surface area contributed by atoms with Gasteiger partial charge in [-0.2, -0.15) is 0 Å². The molecule has 0 spiro atoms. The highest BCUT2D eigenvalue weighted by Gasteiger charge is 2.46. The number of ether oxygens (including phenoxy) is 2. The number of rotatable bonds is 1. The van der Waals surface area contributed by atoms with Gasteiger partial charge in [0.1, 0.15) is 18.3 Å². The molecule has 5 atom stereocenters. The van der Waals surface area contributed by atoms with Crippen LogP contribution in [0.2, 0.25) is 0 Å². The fraction of sp³-hybridized carbons (Fsp3) is 0.857. The standard InChI is InChI=1S/C7H12O7/c1-13-7(12)5-3(9)2(8)4(10)6(11)14-5/h2-6,8-11H,1H3/t2?,3-,4+,5-,6?/m0/s1. The number of carbonyl (C=O) groups excluding carboxylic acids is 1. The highest BCUT2D eigenvalue weighted by atomic mass is 16.7. The molecule has 0 aromatic rings. The summed E-state index contributed by atoms with van der Waals surface area (Å²) in [6, 6.07) is 0. The summed E-state index contributed by atoms with van der Waals surface area (Å²) in [6.07, 6.45) is -8.14. The monoisotopic (exact) mass is 208 g/mol. The molecule has 4 N–H and O–H groups in total. The largest absolute Gasteiger partial charge is 0.467 e. The first-order valence-electron chi connectivity index (χ1n) is 3.94. The molecule has 2 unspecified atom stereocenters. The lowest BCUT2D eigenvalue weighted by atomic mass is 9.99. The van der Waals surface area contributed by atoms with Crippen molar-refractivity contribution in [2.24, 2.45) is 0 Å². The second-order valence-electron chi connectivity index (χ2n) is 2.94. The van der Waals surface area contributed by atoms with Crippen molar-refractivity contribution in [3.63, 3.8) is 0 Å². The lowest BCUT2D eigenvalue weighted by Gasteiger charge is -2.36. The van der Waals surface area contributed by atoms with E-state index in [1.807, 2.05) is 0 Å². The number of hydrogen-bond acceptors (Lipinski definition) is 7. The first kappa shape index (κ1) is 11.3. The van der Waals surface area contributed by atoms with E-state index in [4.69, 9.17) is 10.2 Å². The molecule has 0 aliphatic carbocycles. The van der Waals surface area contributed by atoms with Crippen LogP contribution in [-0.4, -0.2) is 64.2 Å². The number of methoxy groups -OCH3 is 1. The molecule has 0 radical (unpaired) electrons. The van der Waals surface area contributed by atoms with E-state index in [1.54, 1.807) is 0 Å². The Morgan fingerprint density at radius 2 is 1.71 bits per heavy atom. The van der Waals surface area contributed by atoms with E-state index in [-0.39, 0.29) is 0 Å². The van der Waals surface area contributed by atoms with Gasteiger partial charge in [0.25, 0.3) is 0 Å². The van der Waals surface area contributed by atoms with Gasteiger partial charge in [-0.1, -0.05) is 0 Å². The molecule has 0 aromatic heterocycles. The third-order valence-corrected chi connectivity index (χ3v) is 2.02. The van der Waals surface area contributed by atoms with E-state index in [0.29, 0.717) is 0 Å². The minimum absolute atomic E-state index is 0.928. The van der Waals surface area contributed by atoms with E-state index in [2.05, 4.69) is 9.47 Å². The summed E-state index contributed by atoms with van der Waals surface area (Å²) in [5, 5.41) is 36.5. The molecule has 0 saturated carbocycles. The van der Waals surface area contributed by atoms with E-state index >= 15 is 0 Å². The molecule has 82 valence electrons. The summed E-state index contributed by atoms with van der Waals surface area (Å²) in [7, 11) is 1.07. The molecule has 1 heterocycles. The number of aliphatic hydroxyl groups is 4. The van der Waals surface area contributed by atoms with Gasteiger partial charge >= 0.3 is 5.97 Å². The van der Waals surface area contributed by atoms with E-state index in [1.165, 1.54) is 0 Å². The third-order valence-electron chi connectivity index (χ3n) is 2.02. The van der Waals surface area contributed by atoms with E-state index in [9.17, 15) is 15.0 Å². The lowest BCUT2D eigenvalue weighted by Crippen LogP contribution is -2.59. The van der Waals surface area contributed by atoms with Crippen LogP contribution in [0.1, 0.15) is 0 Å². The fourth-order valence-corrected chi connectivity index (χ4v) is 1.17. The Morgan fingerprint density at radius 1 is 1.14 bits per heavy atom. The van der Waals surface area contributed by atoms with Gasteiger partial charge in [0.15, 0.2) is 12.4 Å². The Labute approximate surface area is 79.5 Å². The molecular formula is C7H12O7. The topological polar surface area (TPSA) is 116 Å². The SMILES string of the molecule is COC(=O)[C@H]1OC(O)[C@H](O)C(O)[C@@H]1O. The zero-order chi connectivity index (χ0) is 10.9. The second kappa shape index (κ2) is 4.20. The van der Waals surface area contributed by atoms with Crippen LogP contribution in [0.15, 0.2) is 0 Å². The number of aliphatic hydroxyl groups excluding tert-OH is 4. The molecule has 1 rings (SSSR count). The number of carbonyl (C=O) groups is 1. The Kier molecular flexibility index (Phi) is 3.40. The average molecular weight is 208 g/mol. The first-order chi connectivity index (χ1) is 6.49. The van der Waals surface area contributed by atoms with Crippen LogP contribution in [-0.2, 0) is 14.3 Å². The van der Waals surface area contributed by atoms with Gasteiger partial charge < -0.3 is 29.9 Å². The van der Waals surface area contributed by atoms with Crippen molar-refractivity contribution in [2.75, 3.05) is 7.11 Å². The zero-order valence-corrected chi connectivity index (χ0v) is 7.40. The normalized spacial score (nSPS) is 43.4. The van der Waals surface area contributed by atoms with Crippen LogP contribution >= 0.6 is 0 Å². The Balaban J connectivity index is 2.75. The van der Waals surface area contributed by atoms with Gasteiger partial charge in [0, 0.05) is 0 Å². The predicted molar refractivity (Wildman–Crippen MR) is 40.9 cm³/mol. The minimum Gasteiger partial charge on any atom is -0.467 e. The molecule has 1 saturated heterocycles. The summed E-state index contributed by atoms with van der Waals surface area (Å²) >= 11 is 0. The number of hydrogen-bond donors (Lipinski definition) is 4. The van der Waals surface area contributed by atoms with Crippen LogP contribution in [0.5, 0.6) is 0 Å². The van der Waals surface area contributed by atoms with Crippen molar-refractivity contribution in [2.45, 2.75) is 30.7 Å². The van der Waals surface area contributed by atoms with Crippen LogP contribution in [0.4, 0.5) is 0 Å². The highest BCUT2D eigenvalue weighted by molar-refractivity contribution is 5.75. The van der Waals surface area contributed by atoms with Gasteiger partial charge in [0.2, 0.25) is 0 Å². The fourth-order valence-electron chi connectivity index (χ4n) is 1.17. The third kappa shape index (κ3) is 1.86. The Morgan fingerprint density at radius 3 is 2.21 bits per heavy atom. The molecule has 7 heteroatoms. The van der Waals surface area contributed by atoms with Crippen LogP contribution in [0, 0.1) is 0 Å². The van der Waals surface area contributed by atoms with E-state index < -0.39 is 36.7 Å².